The molecule has 1 aliphatic rings. The molecule has 1 heterocycles. The molecule has 3 aromatic carbocycles. The Kier molecular flexibility index (Phi) is 4.29. The molecule has 2 unspecified atom stereocenters. The number of nitrogens with one attached hydrogen (secondary N) is 1. The Morgan fingerprint density at radius 1 is 0.962 bits per heavy atom. The van der Waals surface area contributed by atoms with Crippen LogP contribution in [-0.2, 0) is 11.3 Å². The van der Waals surface area contributed by atoms with Crippen molar-refractivity contribution in [3.63, 3.8) is 0 Å². The second kappa shape index (κ2) is 6.75. The highest BCUT2D eigenvalue weighted by atomic mass is 32.2. The third-order valence-corrected chi connectivity index (χ3v) is 5.35. The zero-order valence-corrected chi connectivity index (χ0v) is 14.9. The monoisotopic (exact) mass is 360 g/mol. The Morgan fingerprint density at radius 3 is 2.23 bits per heavy atom. The Labute approximate surface area is 154 Å². The number of rotatable bonds is 2. The lowest BCUT2D eigenvalue weighted by molar-refractivity contribution is 0.501. The van der Waals surface area contributed by atoms with E-state index in [4.69, 9.17) is 9.44 Å². The number of benzene rings is 3. The van der Waals surface area contributed by atoms with E-state index in [1.165, 1.54) is 0 Å². The smallest absolute Gasteiger partial charge is 0.288 e. The molecule has 1 N–H and O–H groups in total. The predicted octanol–water partition coefficient (Wildman–Crippen LogP) is 4.51. The molecule has 3 aromatic rings. The summed E-state index contributed by atoms with van der Waals surface area (Å²) in [6.45, 7) is 1.97. The Morgan fingerprint density at radius 2 is 1.58 bits per heavy atom. The topological polar surface area (TPSA) is 62.1 Å². The molecule has 0 amide bonds. The van der Waals surface area contributed by atoms with Gasteiger partial charge in [-0.2, -0.15) is 14.2 Å². The molecule has 0 bridgehead atoms. The summed E-state index contributed by atoms with van der Waals surface area (Å²) in [5.74, 6) is 0.670. The highest BCUT2D eigenvalue weighted by molar-refractivity contribution is 7.78. The van der Waals surface area contributed by atoms with Crippen LogP contribution in [0.3, 0.4) is 0 Å². The van der Waals surface area contributed by atoms with Crippen molar-refractivity contribution in [2.45, 2.75) is 13.0 Å². The van der Waals surface area contributed by atoms with E-state index in [9.17, 15) is 4.21 Å². The van der Waals surface area contributed by atoms with Gasteiger partial charge in [0, 0.05) is 17.2 Å². The third-order valence-electron chi connectivity index (χ3n) is 4.49. The van der Waals surface area contributed by atoms with Crippen LogP contribution in [0.15, 0.2) is 66.7 Å². The van der Waals surface area contributed by atoms with Gasteiger partial charge in [0.05, 0.1) is 11.6 Å². The van der Waals surface area contributed by atoms with Crippen LogP contribution in [0.1, 0.15) is 24.1 Å². The Hall–Kier alpha value is -2.94. The molecule has 1 aliphatic heterocycles. The van der Waals surface area contributed by atoms with Crippen molar-refractivity contribution in [1.29, 1.82) is 5.26 Å². The molecule has 26 heavy (non-hydrogen) atoms. The fraction of sp³-hybridized carbons (Fsp3) is 0.0952. The van der Waals surface area contributed by atoms with E-state index in [0.717, 1.165) is 27.8 Å². The second-order valence-corrected chi connectivity index (χ2v) is 7.02. The van der Waals surface area contributed by atoms with Crippen molar-refractivity contribution in [2.24, 2.45) is 0 Å². The van der Waals surface area contributed by atoms with E-state index in [0.29, 0.717) is 11.3 Å². The molecular weight excluding hydrogens is 344 g/mol. The molecular formula is C21H16N2O2S. The van der Waals surface area contributed by atoms with Crippen molar-refractivity contribution in [3.8, 4) is 34.1 Å². The summed E-state index contributed by atoms with van der Waals surface area (Å²) in [5, 5.41) is 8.91. The maximum atomic E-state index is 11.9. The quantitative estimate of drug-likeness (QED) is 0.731. The van der Waals surface area contributed by atoms with Gasteiger partial charge in [-0.3, -0.25) is 0 Å². The SMILES string of the molecule is CC1NS(=O)Oc2c(-c3ccc(-c4ccc(C#N)cc4)cc3)cccc21. The van der Waals surface area contributed by atoms with Crippen LogP contribution in [0.2, 0.25) is 0 Å². The van der Waals surface area contributed by atoms with Crippen LogP contribution < -0.4 is 8.91 Å². The van der Waals surface area contributed by atoms with Crippen LogP contribution in [-0.4, -0.2) is 4.21 Å². The molecule has 0 aromatic heterocycles. The van der Waals surface area contributed by atoms with Crippen molar-refractivity contribution < 1.29 is 8.39 Å². The molecule has 0 radical (unpaired) electrons. The lowest BCUT2D eigenvalue weighted by atomic mass is 9.96. The highest BCUT2D eigenvalue weighted by Crippen LogP contribution is 2.39. The molecule has 4 rings (SSSR count). The van der Waals surface area contributed by atoms with Gasteiger partial charge in [-0.05, 0) is 35.7 Å². The van der Waals surface area contributed by atoms with Gasteiger partial charge in [-0.15, -0.1) is 0 Å². The number of fused-ring (bicyclic) bond motifs is 1. The van der Waals surface area contributed by atoms with Crippen molar-refractivity contribution in [3.05, 3.63) is 77.9 Å². The molecule has 0 spiro atoms. The van der Waals surface area contributed by atoms with Gasteiger partial charge < -0.3 is 4.18 Å². The minimum atomic E-state index is -1.53. The number of hydrogen-bond donors (Lipinski definition) is 1. The first-order chi connectivity index (χ1) is 12.7. The van der Waals surface area contributed by atoms with E-state index in [2.05, 4.69) is 10.8 Å². The highest BCUT2D eigenvalue weighted by Gasteiger charge is 2.25. The van der Waals surface area contributed by atoms with E-state index in [1.807, 2.05) is 73.7 Å². The summed E-state index contributed by atoms with van der Waals surface area (Å²) in [6.07, 6.45) is 0. The fourth-order valence-corrected chi connectivity index (χ4v) is 3.90. The lowest BCUT2D eigenvalue weighted by Gasteiger charge is -2.24. The average Bonchev–Trinajstić information content (AvgIpc) is 2.68. The minimum Gasteiger partial charge on any atom is -0.388 e. The molecule has 0 saturated heterocycles. The number of hydrogen-bond acceptors (Lipinski definition) is 3. The molecule has 4 nitrogen and oxygen atoms in total. The molecule has 0 saturated carbocycles. The van der Waals surface area contributed by atoms with Gasteiger partial charge in [0.15, 0.2) is 5.75 Å². The molecule has 5 heteroatoms. The van der Waals surface area contributed by atoms with Crippen LogP contribution in [0, 0.1) is 11.3 Å². The number of nitriles is 1. The Bertz CT molecular complexity index is 1020. The summed E-state index contributed by atoms with van der Waals surface area (Å²) in [7, 11) is 0. The van der Waals surface area contributed by atoms with E-state index >= 15 is 0 Å². The zero-order valence-electron chi connectivity index (χ0n) is 14.1. The summed E-state index contributed by atoms with van der Waals surface area (Å²) in [6, 6.07) is 23.7. The predicted molar refractivity (Wildman–Crippen MR) is 102 cm³/mol. The van der Waals surface area contributed by atoms with Gasteiger partial charge in [0.2, 0.25) is 0 Å². The van der Waals surface area contributed by atoms with Gasteiger partial charge in [-0.25, -0.2) is 0 Å². The van der Waals surface area contributed by atoms with Gasteiger partial charge in [0.1, 0.15) is 0 Å². The normalized spacial score (nSPS) is 18.5. The first-order valence-corrected chi connectivity index (χ1v) is 9.33. The molecule has 128 valence electrons. The summed E-state index contributed by atoms with van der Waals surface area (Å²) in [5.41, 5.74) is 5.71. The summed E-state index contributed by atoms with van der Waals surface area (Å²) >= 11 is -1.53. The average molecular weight is 360 g/mol. The zero-order chi connectivity index (χ0) is 18.1. The third kappa shape index (κ3) is 3.01. The van der Waals surface area contributed by atoms with Crippen LogP contribution >= 0.6 is 0 Å². The number of nitrogens with zero attached hydrogens (tertiary/aromatic N) is 1. The largest absolute Gasteiger partial charge is 0.388 e. The fourth-order valence-electron chi connectivity index (χ4n) is 3.10. The minimum absolute atomic E-state index is 0.0301. The van der Waals surface area contributed by atoms with Crippen molar-refractivity contribution in [1.82, 2.24) is 4.72 Å². The molecule has 0 aliphatic carbocycles. The van der Waals surface area contributed by atoms with E-state index in [1.54, 1.807) is 0 Å². The maximum Gasteiger partial charge on any atom is 0.288 e. The second-order valence-electron chi connectivity index (χ2n) is 6.15. The van der Waals surface area contributed by atoms with E-state index < -0.39 is 11.3 Å². The summed E-state index contributed by atoms with van der Waals surface area (Å²) < 4.78 is 20.3. The van der Waals surface area contributed by atoms with Crippen LogP contribution in [0.25, 0.3) is 22.3 Å². The van der Waals surface area contributed by atoms with E-state index in [-0.39, 0.29) is 6.04 Å². The standard InChI is InChI=1S/C21H16N2O2S/c1-14-19-3-2-4-20(21(19)25-26(24)23-14)18-11-9-17(10-12-18)16-7-5-15(13-22)6-8-16/h2-12,14,23H,1H3. The van der Waals surface area contributed by atoms with Crippen LogP contribution in [0.5, 0.6) is 5.75 Å². The lowest BCUT2D eigenvalue weighted by Crippen LogP contribution is -2.30. The maximum absolute atomic E-state index is 11.9. The van der Waals surface area contributed by atoms with Crippen LogP contribution in [0.4, 0.5) is 0 Å². The van der Waals surface area contributed by atoms with Gasteiger partial charge in [0.25, 0.3) is 11.3 Å². The number of para-hydroxylation sites is 1. The summed E-state index contributed by atoms with van der Waals surface area (Å²) in [4.78, 5) is 0. The first-order valence-electron chi connectivity index (χ1n) is 8.26. The van der Waals surface area contributed by atoms with Gasteiger partial charge >= 0.3 is 0 Å². The Balaban J connectivity index is 1.71. The molecule has 0 fully saturated rings. The molecule has 2 atom stereocenters. The van der Waals surface area contributed by atoms with Gasteiger partial charge in [-0.1, -0.05) is 54.6 Å². The first kappa shape index (κ1) is 16.5. The van der Waals surface area contributed by atoms with Crippen molar-refractivity contribution >= 4 is 11.3 Å². The van der Waals surface area contributed by atoms with Crippen molar-refractivity contribution in [2.75, 3.05) is 0 Å².